The molecule has 10 nitrogen and oxygen atoms in total. The van der Waals surface area contributed by atoms with Gasteiger partial charge in [-0.1, -0.05) is 80.4 Å². The Morgan fingerprint density at radius 1 is 0.854 bits per heavy atom. The Labute approximate surface area is 280 Å². The lowest BCUT2D eigenvalue weighted by atomic mass is 9.86. The summed E-state index contributed by atoms with van der Waals surface area (Å²) >= 11 is 0. The fourth-order valence-corrected chi connectivity index (χ4v) is 5.84. The first-order chi connectivity index (χ1) is 23.4. The van der Waals surface area contributed by atoms with Gasteiger partial charge in [0, 0.05) is 18.2 Å². The average Bonchev–Trinajstić information content (AvgIpc) is 3.46. The second-order valence-corrected chi connectivity index (χ2v) is 11.4. The highest BCUT2D eigenvalue weighted by molar-refractivity contribution is 5.80. The van der Waals surface area contributed by atoms with Crippen LogP contribution in [0.5, 0.6) is 17.2 Å². The Balaban J connectivity index is 1.25. The number of hydrogen-bond acceptors (Lipinski definition) is 8. The SMILES string of the molecule is CCCC[C@@H]([C]=O)NNC(=O)COc1ccc(CNC(=O)OC(c2ccc(OC)cc2OC)C2c3ccccc3-c3ccccc32)cc1. The normalized spacial score (nSPS) is 13.0. The summed E-state index contributed by atoms with van der Waals surface area (Å²) in [4.78, 5) is 36.6. The number of fused-ring (bicyclic) bond motifs is 3. The van der Waals surface area contributed by atoms with Gasteiger partial charge >= 0.3 is 6.09 Å². The van der Waals surface area contributed by atoms with Crippen molar-refractivity contribution in [3.05, 3.63) is 113 Å². The molecule has 5 rings (SSSR count). The molecule has 0 saturated carbocycles. The van der Waals surface area contributed by atoms with Crippen molar-refractivity contribution < 1.29 is 33.3 Å². The van der Waals surface area contributed by atoms with Crippen LogP contribution in [0.25, 0.3) is 11.1 Å². The van der Waals surface area contributed by atoms with Gasteiger partial charge in [-0.3, -0.25) is 15.0 Å². The molecule has 1 aliphatic rings. The van der Waals surface area contributed by atoms with Crippen molar-refractivity contribution in [3.8, 4) is 28.4 Å². The number of methoxy groups -OCH3 is 2. The van der Waals surface area contributed by atoms with E-state index in [9.17, 15) is 14.4 Å². The number of carbonyl (C=O) groups excluding carboxylic acids is 3. The third-order valence-electron chi connectivity index (χ3n) is 8.27. The molecule has 2 atom stereocenters. The number of unbranched alkanes of at least 4 members (excludes halogenated alkanes) is 1. The van der Waals surface area contributed by atoms with Gasteiger partial charge in [-0.05, 0) is 58.5 Å². The molecule has 1 unspecified atom stereocenters. The molecule has 0 spiro atoms. The molecule has 0 heterocycles. The van der Waals surface area contributed by atoms with E-state index in [-0.39, 0.29) is 19.1 Å². The second kappa shape index (κ2) is 16.5. The average molecular weight is 651 g/mol. The molecule has 0 aliphatic heterocycles. The summed E-state index contributed by atoms with van der Waals surface area (Å²) in [6, 6.07) is 28.3. The summed E-state index contributed by atoms with van der Waals surface area (Å²) in [5, 5.41) is 2.88. The van der Waals surface area contributed by atoms with Crippen molar-refractivity contribution in [2.45, 2.75) is 50.8 Å². The summed E-state index contributed by atoms with van der Waals surface area (Å²) < 4.78 is 23.0. The summed E-state index contributed by atoms with van der Waals surface area (Å²) in [6.45, 7) is 1.99. The van der Waals surface area contributed by atoms with Crippen LogP contribution in [0.4, 0.5) is 4.79 Å². The van der Waals surface area contributed by atoms with Crippen LogP contribution in [-0.2, 0) is 20.9 Å². The number of alkyl carbamates (subject to hydrolysis) is 1. The summed E-state index contributed by atoms with van der Waals surface area (Å²) in [7, 11) is 3.17. The minimum Gasteiger partial charge on any atom is -0.497 e. The zero-order chi connectivity index (χ0) is 33.9. The molecule has 1 aliphatic carbocycles. The number of hydrazine groups is 1. The first-order valence-corrected chi connectivity index (χ1v) is 15.9. The monoisotopic (exact) mass is 650 g/mol. The highest BCUT2D eigenvalue weighted by Crippen LogP contribution is 2.52. The maximum absolute atomic E-state index is 13.4. The third-order valence-corrected chi connectivity index (χ3v) is 8.27. The van der Waals surface area contributed by atoms with E-state index in [0.717, 1.165) is 40.7 Å². The fourth-order valence-electron chi connectivity index (χ4n) is 5.84. The third kappa shape index (κ3) is 8.13. The predicted molar refractivity (Wildman–Crippen MR) is 182 cm³/mol. The first-order valence-electron chi connectivity index (χ1n) is 15.9. The highest BCUT2D eigenvalue weighted by Gasteiger charge is 2.38. The Bertz CT molecular complexity index is 1660. The van der Waals surface area contributed by atoms with E-state index in [1.165, 1.54) is 0 Å². The van der Waals surface area contributed by atoms with E-state index >= 15 is 0 Å². The zero-order valence-corrected chi connectivity index (χ0v) is 27.3. The molecule has 249 valence electrons. The summed E-state index contributed by atoms with van der Waals surface area (Å²) in [5.41, 5.74) is 11.0. The lowest BCUT2D eigenvalue weighted by molar-refractivity contribution is -0.124. The van der Waals surface area contributed by atoms with Gasteiger partial charge in [-0.25, -0.2) is 10.2 Å². The van der Waals surface area contributed by atoms with E-state index in [0.29, 0.717) is 29.2 Å². The molecule has 3 N–H and O–H groups in total. The topological polar surface area (TPSA) is 124 Å². The van der Waals surface area contributed by atoms with Crippen LogP contribution >= 0.6 is 0 Å². The van der Waals surface area contributed by atoms with Gasteiger partial charge in [0.05, 0.1) is 26.2 Å². The van der Waals surface area contributed by atoms with Crippen LogP contribution in [0.1, 0.15) is 60.5 Å². The quantitative estimate of drug-likeness (QED) is 0.123. The van der Waals surface area contributed by atoms with Crippen LogP contribution in [0.2, 0.25) is 0 Å². The molecule has 0 aromatic heterocycles. The molecule has 4 aromatic carbocycles. The maximum atomic E-state index is 13.4. The zero-order valence-electron chi connectivity index (χ0n) is 27.3. The van der Waals surface area contributed by atoms with E-state index in [1.807, 2.05) is 49.6 Å². The van der Waals surface area contributed by atoms with E-state index in [4.69, 9.17) is 18.9 Å². The highest BCUT2D eigenvalue weighted by atomic mass is 16.6. The number of ether oxygens (including phenoxy) is 4. The molecule has 10 heteroatoms. The number of rotatable bonds is 16. The van der Waals surface area contributed by atoms with Crippen molar-refractivity contribution in [3.63, 3.8) is 0 Å². The van der Waals surface area contributed by atoms with Gasteiger partial charge in [-0.15, -0.1) is 0 Å². The molecule has 0 bridgehead atoms. The molecule has 0 fully saturated rings. The van der Waals surface area contributed by atoms with Crippen molar-refractivity contribution in [1.29, 1.82) is 0 Å². The van der Waals surface area contributed by atoms with Gasteiger partial charge in [-0.2, -0.15) is 0 Å². The van der Waals surface area contributed by atoms with E-state index in [1.54, 1.807) is 44.6 Å². The Hall–Kier alpha value is -5.35. The van der Waals surface area contributed by atoms with E-state index in [2.05, 4.69) is 40.4 Å². The Morgan fingerprint density at radius 3 is 2.15 bits per heavy atom. The minimum atomic E-state index is -0.710. The van der Waals surface area contributed by atoms with Crippen molar-refractivity contribution in [2.75, 3.05) is 20.8 Å². The molecular formula is C38H40N3O7. The van der Waals surface area contributed by atoms with Crippen LogP contribution < -0.4 is 30.4 Å². The lowest BCUT2D eigenvalue weighted by Gasteiger charge is -2.27. The van der Waals surface area contributed by atoms with Crippen molar-refractivity contribution >= 4 is 18.3 Å². The van der Waals surface area contributed by atoms with Crippen molar-refractivity contribution in [1.82, 2.24) is 16.2 Å². The lowest BCUT2D eigenvalue weighted by Crippen LogP contribution is -2.46. The van der Waals surface area contributed by atoms with Crippen LogP contribution in [0.3, 0.4) is 0 Å². The number of nitrogens with one attached hydrogen (secondary N) is 3. The fraction of sp³-hybridized carbons (Fsp3) is 0.289. The van der Waals surface area contributed by atoms with Crippen LogP contribution in [0.15, 0.2) is 91.0 Å². The van der Waals surface area contributed by atoms with E-state index < -0.39 is 24.1 Å². The van der Waals surface area contributed by atoms with Crippen molar-refractivity contribution in [2.24, 2.45) is 0 Å². The molecule has 4 aromatic rings. The number of hydrogen-bond donors (Lipinski definition) is 3. The molecule has 0 saturated heterocycles. The van der Waals surface area contributed by atoms with Gasteiger partial charge in [0.15, 0.2) is 6.61 Å². The van der Waals surface area contributed by atoms with Crippen LogP contribution in [-0.4, -0.2) is 45.2 Å². The standard InChI is InChI=1S/C38H40N3O7/c1-4-5-10-26(23-42)40-41-35(43)24-47-27-17-15-25(16-18-27)22-39-38(44)48-37(33-20-19-28(45-2)21-34(33)46-3)36-31-13-8-6-11-29(31)30-12-7-9-14-32(30)36/h6-9,11-21,26,36-37,40H,4-5,10,22,24H2,1-3H3,(H,39,44)(H,41,43)/t26-,37?/m0/s1. The molecular weight excluding hydrogens is 610 g/mol. The summed E-state index contributed by atoms with van der Waals surface area (Å²) in [5.74, 6) is 0.964. The largest absolute Gasteiger partial charge is 0.497 e. The van der Waals surface area contributed by atoms with Gasteiger partial charge in [0.25, 0.3) is 5.91 Å². The number of benzene rings is 4. The van der Waals surface area contributed by atoms with Crippen LogP contribution in [0, 0.1) is 0 Å². The van der Waals surface area contributed by atoms with Gasteiger partial charge in [0.1, 0.15) is 23.4 Å². The smallest absolute Gasteiger partial charge is 0.408 e. The van der Waals surface area contributed by atoms with Gasteiger partial charge < -0.3 is 24.3 Å². The Kier molecular flexibility index (Phi) is 11.7. The maximum Gasteiger partial charge on any atom is 0.408 e. The second-order valence-electron chi connectivity index (χ2n) is 11.4. The predicted octanol–water partition coefficient (Wildman–Crippen LogP) is 6.15. The molecule has 48 heavy (non-hydrogen) atoms. The van der Waals surface area contributed by atoms with Gasteiger partial charge in [0.2, 0.25) is 6.29 Å². The molecule has 1 radical (unpaired) electrons. The number of carbonyl (C=O) groups is 2. The molecule has 2 amide bonds. The minimum absolute atomic E-state index is 0.204. The Morgan fingerprint density at radius 2 is 1.52 bits per heavy atom. The number of amides is 2. The first kappa shape index (κ1) is 34.0. The summed E-state index contributed by atoms with van der Waals surface area (Å²) in [6.07, 6.45) is 2.95.